The number of hydrogen-bond donors (Lipinski definition) is 3. The molecular formula is C21H17ClFN3O. The maximum Gasteiger partial charge on any atom is 0.150 e. The van der Waals surface area contributed by atoms with Crippen molar-refractivity contribution in [3.63, 3.8) is 0 Å². The number of nitrogens with one attached hydrogen (secondary N) is 1. The molecule has 0 aliphatic heterocycles. The van der Waals surface area contributed by atoms with Crippen molar-refractivity contribution in [3.05, 3.63) is 89.0 Å². The van der Waals surface area contributed by atoms with Gasteiger partial charge >= 0.3 is 0 Å². The van der Waals surface area contributed by atoms with Gasteiger partial charge in [-0.1, -0.05) is 48.0 Å². The van der Waals surface area contributed by atoms with Gasteiger partial charge in [-0.15, -0.1) is 0 Å². The van der Waals surface area contributed by atoms with Gasteiger partial charge in [0.2, 0.25) is 0 Å². The van der Waals surface area contributed by atoms with Gasteiger partial charge in [-0.3, -0.25) is 0 Å². The summed E-state index contributed by atoms with van der Waals surface area (Å²) in [7, 11) is 0. The van der Waals surface area contributed by atoms with Gasteiger partial charge in [0.15, 0.2) is 5.82 Å². The zero-order chi connectivity index (χ0) is 19.0. The number of aromatic nitrogens is 2. The van der Waals surface area contributed by atoms with Crippen LogP contribution in [0.3, 0.4) is 0 Å². The van der Waals surface area contributed by atoms with Crippen LogP contribution >= 0.6 is 11.6 Å². The number of pyridine rings is 1. The quantitative estimate of drug-likeness (QED) is 0.495. The minimum absolute atomic E-state index is 0.0138. The summed E-state index contributed by atoms with van der Waals surface area (Å²) >= 11 is 5.94. The number of aliphatic hydroxyl groups is 1. The van der Waals surface area contributed by atoms with Crippen LogP contribution in [0.1, 0.15) is 11.1 Å². The molecule has 4 rings (SSSR count). The Labute approximate surface area is 160 Å². The molecular weight excluding hydrogens is 365 g/mol. The summed E-state index contributed by atoms with van der Waals surface area (Å²) in [6.45, 7) is 0.0138. The number of hydrogen-bond acceptors (Lipinski definition) is 3. The molecule has 2 aromatic carbocycles. The molecule has 0 fully saturated rings. The molecule has 1 atom stereocenters. The average Bonchev–Trinajstić information content (AvgIpc) is 3.09. The van der Waals surface area contributed by atoms with E-state index in [2.05, 4.69) is 9.97 Å². The Balaban J connectivity index is 1.77. The SMILES string of the molecule is NCC(O)(c1ccc(Cl)cc1)c1ccc(-c2ccnc3[nH]cc(F)c23)cc1. The Hall–Kier alpha value is -2.73. The molecule has 136 valence electrons. The van der Waals surface area contributed by atoms with Crippen LogP contribution in [0.2, 0.25) is 5.02 Å². The van der Waals surface area contributed by atoms with Gasteiger partial charge < -0.3 is 15.8 Å². The van der Waals surface area contributed by atoms with Crippen molar-refractivity contribution < 1.29 is 9.50 Å². The second kappa shape index (κ2) is 6.78. The summed E-state index contributed by atoms with van der Waals surface area (Å²) in [6.07, 6.45) is 2.93. The van der Waals surface area contributed by atoms with Crippen LogP contribution in [0.5, 0.6) is 0 Å². The van der Waals surface area contributed by atoms with Gasteiger partial charge in [-0.25, -0.2) is 9.37 Å². The van der Waals surface area contributed by atoms with Crippen molar-refractivity contribution in [1.29, 1.82) is 0 Å². The molecule has 0 radical (unpaired) electrons. The average molecular weight is 382 g/mol. The van der Waals surface area contributed by atoms with Crippen LogP contribution in [-0.2, 0) is 5.60 Å². The van der Waals surface area contributed by atoms with E-state index in [1.165, 1.54) is 6.20 Å². The van der Waals surface area contributed by atoms with Crippen LogP contribution in [0.15, 0.2) is 67.0 Å². The Bertz CT molecular complexity index is 1090. The monoisotopic (exact) mass is 381 g/mol. The normalized spacial score (nSPS) is 13.6. The second-order valence-corrected chi connectivity index (χ2v) is 6.80. The largest absolute Gasteiger partial charge is 0.379 e. The molecule has 0 aliphatic carbocycles. The fourth-order valence-electron chi connectivity index (χ4n) is 3.31. The molecule has 0 saturated heterocycles. The van der Waals surface area contributed by atoms with Gasteiger partial charge in [0.25, 0.3) is 0 Å². The number of nitrogens with zero attached hydrogens (tertiary/aromatic N) is 1. The van der Waals surface area contributed by atoms with E-state index in [0.717, 1.165) is 11.1 Å². The predicted molar refractivity (Wildman–Crippen MR) is 105 cm³/mol. The van der Waals surface area contributed by atoms with E-state index in [1.54, 1.807) is 48.7 Å². The highest BCUT2D eigenvalue weighted by Gasteiger charge is 2.30. The highest BCUT2D eigenvalue weighted by Crippen LogP contribution is 2.33. The first-order valence-corrected chi connectivity index (χ1v) is 8.82. The first kappa shape index (κ1) is 17.7. The first-order chi connectivity index (χ1) is 13.0. The third kappa shape index (κ3) is 3.00. The van der Waals surface area contributed by atoms with Crippen molar-refractivity contribution in [2.45, 2.75) is 5.60 Å². The minimum Gasteiger partial charge on any atom is -0.379 e. The number of benzene rings is 2. The Kier molecular flexibility index (Phi) is 4.44. The molecule has 0 saturated carbocycles. The van der Waals surface area contributed by atoms with E-state index < -0.39 is 5.60 Å². The number of H-pyrrole nitrogens is 1. The van der Waals surface area contributed by atoms with Crippen molar-refractivity contribution in [1.82, 2.24) is 9.97 Å². The molecule has 6 heteroatoms. The van der Waals surface area contributed by atoms with E-state index >= 15 is 0 Å². The molecule has 27 heavy (non-hydrogen) atoms. The van der Waals surface area contributed by atoms with Crippen molar-refractivity contribution in [2.75, 3.05) is 6.54 Å². The van der Waals surface area contributed by atoms with E-state index in [-0.39, 0.29) is 12.4 Å². The maximum absolute atomic E-state index is 14.1. The molecule has 2 heterocycles. The number of fused-ring (bicyclic) bond motifs is 1. The van der Waals surface area contributed by atoms with Crippen molar-refractivity contribution in [2.24, 2.45) is 5.73 Å². The molecule has 2 aromatic heterocycles. The third-order valence-corrected chi connectivity index (χ3v) is 5.07. The number of rotatable bonds is 4. The van der Waals surface area contributed by atoms with Gasteiger partial charge in [-0.2, -0.15) is 0 Å². The van der Waals surface area contributed by atoms with Crippen LogP contribution in [0, 0.1) is 5.82 Å². The molecule has 4 N–H and O–H groups in total. The fourth-order valence-corrected chi connectivity index (χ4v) is 3.44. The summed E-state index contributed by atoms with van der Waals surface area (Å²) in [4.78, 5) is 6.96. The molecule has 4 nitrogen and oxygen atoms in total. The summed E-state index contributed by atoms with van der Waals surface area (Å²) < 4.78 is 14.1. The smallest absolute Gasteiger partial charge is 0.150 e. The van der Waals surface area contributed by atoms with Gasteiger partial charge in [0.05, 0.1) is 5.39 Å². The lowest BCUT2D eigenvalue weighted by molar-refractivity contribution is 0.0902. The van der Waals surface area contributed by atoms with Gasteiger partial charge in [0, 0.05) is 24.0 Å². The molecule has 4 aromatic rings. The topological polar surface area (TPSA) is 74.9 Å². The summed E-state index contributed by atoms with van der Waals surface area (Å²) in [5.41, 5.74) is 7.91. The van der Waals surface area contributed by atoms with Crippen molar-refractivity contribution in [3.8, 4) is 11.1 Å². The Morgan fingerprint density at radius 3 is 2.30 bits per heavy atom. The van der Waals surface area contributed by atoms with E-state index in [1.807, 2.05) is 12.1 Å². The van der Waals surface area contributed by atoms with E-state index in [4.69, 9.17) is 17.3 Å². The highest BCUT2D eigenvalue weighted by atomic mass is 35.5. The Morgan fingerprint density at radius 2 is 1.67 bits per heavy atom. The van der Waals surface area contributed by atoms with Gasteiger partial charge in [-0.05, 0) is 40.5 Å². The number of nitrogens with two attached hydrogens (primary N) is 1. The lowest BCUT2D eigenvalue weighted by atomic mass is 9.85. The van der Waals surface area contributed by atoms with E-state index in [9.17, 15) is 9.50 Å². The van der Waals surface area contributed by atoms with Crippen LogP contribution < -0.4 is 5.73 Å². The predicted octanol–water partition coefficient (Wildman–Crippen LogP) is 4.22. The zero-order valence-electron chi connectivity index (χ0n) is 14.3. The fraction of sp³-hybridized carbons (Fsp3) is 0.0952. The lowest BCUT2D eigenvalue weighted by Crippen LogP contribution is -2.36. The third-order valence-electron chi connectivity index (χ3n) is 4.82. The molecule has 0 amide bonds. The van der Waals surface area contributed by atoms with Crippen LogP contribution in [0.25, 0.3) is 22.2 Å². The first-order valence-electron chi connectivity index (χ1n) is 8.44. The molecule has 0 bridgehead atoms. The number of aromatic amines is 1. The van der Waals surface area contributed by atoms with Gasteiger partial charge in [0.1, 0.15) is 11.2 Å². The lowest BCUT2D eigenvalue weighted by Gasteiger charge is -2.28. The second-order valence-electron chi connectivity index (χ2n) is 6.37. The maximum atomic E-state index is 14.1. The van der Waals surface area contributed by atoms with Crippen LogP contribution in [-0.4, -0.2) is 21.6 Å². The molecule has 0 spiro atoms. The highest BCUT2D eigenvalue weighted by molar-refractivity contribution is 6.30. The molecule has 1 unspecified atom stereocenters. The zero-order valence-corrected chi connectivity index (χ0v) is 15.0. The summed E-state index contributed by atoms with van der Waals surface area (Å²) in [6, 6.07) is 16.0. The van der Waals surface area contributed by atoms with Crippen LogP contribution in [0.4, 0.5) is 4.39 Å². The Morgan fingerprint density at radius 1 is 1.04 bits per heavy atom. The van der Waals surface area contributed by atoms with E-state index in [0.29, 0.717) is 27.2 Å². The summed E-state index contributed by atoms with van der Waals surface area (Å²) in [5.74, 6) is -0.350. The summed E-state index contributed by atoms with van der Waals surface area (Å²) in [5, 5.41) is 12.2. The molecule has 0 aliphatic rings. The number of halogens is 2. The minimum atomic E-state index is -1.34. The van der Waals surface area contributed by atoms with Crippen molar-refractivity contribution >= 4 is 22.6 Å². The standard InChI is InChI=1S/C21H17ClFN3O/c22-16-7-5-15(6-8-16)21(27,12-24)14-3-1-13(2-4-14)17-9-10-25-20-19(17)18(23)11-26-20/h1-11,27H,12,24H2,(H,25,26).